The molecule has 0 amide bonds. The van der Waals surface area contributed by atoms with Crippen molar-refractivity contribution in [2.75, 3.05) is 0 Å². The minimum atomic E-state index is -0.999. The highest BCUT2D eigenvalue weighted by Gasteiger charge is 2.14. The lowest BCUT2D eigenvalue weighted by Crippen LogP contribution is -1.98. The number of carbonyl (C=O) groups excluding carboxylic acids is 1. The maximum atomic E-state index is 10.9. The first-order valence-electron chi connectivity index (χ1n) is 4.02. The molecular formula is C9H11NO3. The third-order valence-corrected chi connectivity index (χ3v) is 1.86. The number of aromatic nitrogens is 1. The number of hydrogen-bond donors (Lipinski definition) is 2. The summed E-state index contributed by atoms with van der Waals surface area (Å²) in [7, 11) is 0. The number of nitrogens with one attached hydrogen (secondary N) is 1. The summed E-state index contributed by atoms with van der Waals surface area (Å²) in [5, 5.41) is 8.76. The van der Waals surface area contributed by atoms with Crippen molar-refractivity contribution < 1.29 is 14.7 Å². The molecule has 0 fully saturated rings. The molecule has 0 bridgehead atoms. The van der Waals surface area contributed by atoms with E-state index in [1.165, 1.54) is 13.0 Å². The van der Waals surface area contributed by atoms with E-state index >= 15 is 0 Å². The minimum Gasteiger partial charge on any atom is -0.478 e. The number of aryl methyl sites for hydroxylation is 1. The first-order chi connectivity index (χ1) is 6.06. The molecule has 0 spiro atoms. The van der Waals surface area contributed by atoms with Crippen LogP contribution in [0.25, 0.3) is 0 Å². The van der Waals surface area contributed by atoms with Crippen LogP contribution in [-0.4, -0.2) is 21.8 Å². The monoisotopic (exact) mass is 181 g/mol. The van der Waals surface area contributed by atoms with E-state index in [1.54, 1.807) is 0 Å². The van der Waals surface area contributed by atoms with Crippen molar-refractivity contribution in [3.05, 3.63) is 23.0 Å². The Kier molecular flexibility index (Phi) is 2.51. The van der Waals surface area contributed by atoms with Crippen LogP contribution in [0.15, 0.2) is 6.07 Å². The molecule has 0 aliphatic rings. The van der Waals surface area contributed by atoms with Crippen molar-refractivity contribution in [3.8, 4) is 0 Å². The number of hydrogen-bond acceptors (Lipinski definition) is 2. The van der Waals surface area contributed by atoms with Crippen LogP contribution in [0.1, 0.15) is 40.4 Å². The molecule has 13 heavy (non-hydrogen) atoms. The number of carboxylic acid groups (broad SMARTS) is 1. The summed E-state index contributed by atoms with van der Waals surface area (Å²) >= 11 is 0. The molecule has 70 valence electrons. The van der Waals surface area contributed by atoms with Gasteiger partial charge in [-0.1, -0.05) is 6.92 Å². The smallest absolute Gasteiger partial charge is 0.337 e. The standard InChI is InChI=1S/C9H11NO3/c1-3-7-6(9(12)13)4-8(10-7)5(2)11/h4,10H,3H2,1-2H3,(H,12,13). The van der Waals surface area contributed by atoms with Gasteiger partial charge in [-0.3, -0.25) is 4.79 Å². The minimum absolute atomic E-state index is 0.151. The Labute approximate surface area is 75.6 Å². The van der Waals surface area contributed by atoms with Gasteiger partial charge in [0, 0.05) is 12.6 Å². The van der Waals surface area contributed by atoms with E-state index in [-0.39, 0.29) is 11.3 Å². The largest absolute Gasteiger partial charge is 0.478 e. The Hall–Kier alpha value is -1.58. The summed E-state index contributed by atoms with van der Waals surface area (Å²) in [6.07, 6.45) is 0.578. The van der Waals surface area contributed by atoms with Gasteiger partial charge >= 0.3 is 5.97 Å². The van der Waals surface area contributed by atoms with Crippen LogP contribution in [0, 0.1) is 0 Å². The van der Waals surface area contributed by atoms with Crippen molar-refractivity contribution in [1.29, 1.82) is 0 Å². The summed E-state index contributed by atoms with van der Waals surface area (Å²) in [6, 6.07) is 1.38. The lowest BCUT2D eigenvalue weighted by Gasteiger charge is -1.92. The first-order valence-corrected chi connectivity index (χ1v) is 4.02. The van der Waals surface area contributed by atoms with Crippen molar-refractivity contribution in [1.82, 2.24) is 4.98 Å². The zero-order valence-corrected chi connectivity index (χ0v) is 7.55. The molecular weight excluding hydrogens is 170 g/mol. The van der Waals surface area contributed by atoms with Crippen LogP contribution >= 0.6 is 0 Å². The van der Waals surface area contributed by atoms with E-state index in [0.717, 1.165) is 0 Å². The molecule has 0 unspecified atom stereocenters. The summed E-state index contributed by atoms with van der Waals surface area (Å²) < 4.78 is 0. The molecule has 1 rings (SSSR count). The zero-order chi connectivity index (χ0) is 10.0. The first kappa shape index (κ1) is 9.51. The van der Waals surface area contributed by atoms with Gasteiger partial charge < -0.3 is 10.1 Å². The van der Waals surface area contributed by atoms with E-state index in [2.05, 4.69) is 4.98 Å². The fourth-order valence-corrected chi connectivity index (χ4v) is 1.16. The molecule has 0 aliphatic carbocycles. The van der Waals surface area contributed by atoms with Crippen LogP contribution in [0.3, 0.4) is 0 Å². The SMILES string of the molecule is CCc1[nH]c(C(C)=O)cc1C(=O)O. The third-order valence-electron chi connectivity index (χ3n) is 1.86. The molecule has 0 radical (unpaired) electrons. The van der Waals surface area contributed by atoms with Gasteiger partial charge in [-0.15, -0.1) is 0 Å². The van der Waals surface area contributed by atoms with Crippen molar-refractivity contribution in [2.45, 2.75) is 20.3 Å². The van der Waals surface area contributed by atoms with Crippen molar-refractivity contribution in [2.24, 2.45) is 0 Å². The number of rotatable bonds is 3. The highest BCUT2D eigenvalue weighted by atomic mass is 16.4. The predicted molar refractivity (Wildman–Crippen MR) is 47.1 cm³/mol. The number of carbonyl (C=O) groups is 2. The Morgan fingerprint density at radius 3 is 2.46 bits per heavy atom. The molecule has 0 aromatic carbocycles. The number of aromatic amines is 1. The number of H-pyrrole nitrogens is 1. The topological polar surface area (TPSA) is 70.2 Å². The van der Waals surface area contributed by atoms with E-state index in [0.29, 0.717) is 17.8 Å². The van der Waals surface area contributed by atoms with Gasteiger partial charge in [0.15, 0.2) is 5.78 Å². The normalized spacial score (nSPS) is 10.0. The summed E-state index contributed by atoms with van der Waals surface area (Å²) in [6.45, 7) is 3.24. The van der Waals surface area contributed by atoms with Gasteiger partial charge in [0.2, 0.25) is 0 Å². The van der Waals surface area contributed by atoms with E-state index in [4.69, 9.17) is 5.11 Å². The number of aromatic carboxylic acids is 1. The van der Waals surface area contributed by atoms with Crippen LogP contribution in [0.4, 0.5) is 0 Å². The molecule has 1 aromatic heterocycles. The molecule has 0 saturated carbocycles. The Morgan fingerprint density at radius 2 is 2.15 bits per heavy atom. The van der Waals surface area contributed by atoms with Crippen LogP contribution < -0.4 is 0 Å². The second kappa shape index (κ2) is 3.43. The number of Topliss-reactive ketones (excluding diaryl/α,β-unsaturated/α-hetero) is 1. The lowest BCUT2D eigenvalue weighted by atomic mass is 10.2. The highest BCUT2D eigenvalue weighted by Crippen LogP contribution is 2.12. The van der Waals surface area contributed by atoms with Gasteiger partial charge in [-0.05, 0) is 12.5 Å². The van der Waals surface area contributed by atoms with Gasteiger partial charge in [0.1, 0.15) is 0 Å². The van der Waals surface area contributed by atoms with Crippen molar-refractivity contribution in [3.63, 3.8) is 0 Å². The molecule has 2 N–H and O–H groups in total. The van der Waals surface area contributed by atoms with Gasteiger partial charge in [-0.2, -0.15) is 0 Å². The summed E-state index contributed by atoms with van der Waals surface area (Å²) in [5.74, 6) is -1.15. The average Bonchev–Trinajstić information content (AvgIpc) is 2.47. The molecule has 0 atom stereocenters. The Bertz CT molecular complexity index is 352. The van der Waals surface area contributed by atoms with Crippen LogP contribution in [-0.2, 0) is 6.42 Å². The Balaban J connectivity index is 3.19. The van der Waals surface area contributed by atoms with Crippen molar-refractivity contribution >= 4 is 11.8 Å². The van der Waals surface area contributed by atoms with Crippen LogP contribution in [0.5, 0.6) is 0 Å². The fourth-order valence-electron chi connectivity index (χ4n) is 1.16. The summed E-state index contributed by atoms with van der Waals surface area (Å²) in [5.41, 5.74) is 1.14. The maximum absolute atomic E-state index is 10.9. The molecule has 4 heteroatoms. The van der Waals surface area contributed by atoms with E-state index in [9.17, 15) is 9.59 Å². The average molecular weight is 181 g/mol. The second-order valence-corrected chi connectivity index (χ2v) is 2.79. The molecule has 0 saturated heterocycles. The molecule has 1 aromatic rings. The molecule has 0 aliphatic heterocycles. The van der Waals surface area contributed by atoms with Gasteiger partial charge in [0.25, 0.3) is 0 Å². The molecule has 1 heterocycles. The Morgan fingerprint density at radius 1 is 1.54 bits per heavy atom. The van der Waals surface area contributed by atoms with Gasteiger partial charge in [0.05, 0.1) is 11.3 Å². The quantitative estimate of drug-likeness (QED) is 0.694. The maximum Gasteiger partial charge on any atom is 0.337 e. The number of carboxylic acids is 1. The molecule has 4 nitrogen and oxygen atoms in total. The second-order valence-electron chi connectivity index (χ2n) is 2.79. The van der Waals surface area contributed by atoms with E-state index in [1.807, 2.05) is 6.92 Å². The number of ketones is 1. The lowest BCUT2D eigenvalue weighted by molar-refractivity contribution is 0.0696. The summed E-state index contributed by atoms with van der Waals surface area (Å²) in [4.78, 5) is 24.4. The van der Waals surface area contributed by atoms with E-state index < -0.39 is 5.97 Å². The van der Waals surface area contributed by atoms with Gasteiger partial charge in [-0.25, -0.2) is 4.79 Å². The fraction of sp³-hybridized carbons (Fsp3) is 0.333. The third kappa shape index (κ3) is 1.77. The zero-order valence-electron chi connectivity index (χ0n) is 7.55. The highest BCUT2D eigenvalue weighted by molar-refractivity contribution is 5.97. The predicted octanol–water partition coefficient (Wildman–Crippen LogP) is 1.48. The van der Waals surface area contributed by atoms with Crippen LogP contribution in [0.2, 0.25) is 0 Å².